The molecule has 2 amide bonds. The molecule has 0 aliphatic rings. The van der Waals surface area contributed by atoms with E-state index in [4.69, 9.17) is 4.52 Å². The number of likely N-dealkylation sites (N-methyl/N-ethyl adjacent to an activating group) is 1. The van der Waals surface area contributed by atoms with Gasteiger partial charge in [0.25, 0.3) is 5.91 Å². The van der Waals surface area contributed by atoms with Crippen molar-refractivity contribution in [3.05, 3.63) is 52.7 Å². The van der Waals surface area contributed by atoms with Crippen molar-refractivity contribution < 1.29 is 14.1 Å². The maximum atomic E-state index is 12.6. The van der Waals surface area contributed by atoms with Crippen LogP contribution in [0.3, 0.4) is 0 Å². The van der Waals surface area contributed by atoms with E-state index in [-0.39, 0.29) is 18.4 Å². The molecule has 0 spiro atoms. The Labute approximate surface area is 167 Å². The van der Waals surface area contributed by atoms with Gasteiger partial charge in [-0.05, 0) is 18.4 Å². The van der Waals surface area contributed by atoms with Gasteiger partial charge in [0.05, 0.1) is 6.54 Å². The Balaban J connectivity index is 1.63. The maximum Gasteiger partial charge on any atom is 0.273 e. The first-order valence-corrected chi connectivity index (χ1v) is 9.76. The lowest BCUT2D eigenvalue weighted by Gasteiger charge is -2.14. The quantitative estimate of drug-likeness (QED) is 0.679. The molecule has 0 saturated carbocycles. The van der Waals surface area contributed by atoms with Crippen LogP contribution in [0, 0.1) is 6.92 Å². The number of amides is 2. The third kappa shape index (κ3) is 4.64. The fourth-order valence-electron chi connectivity index (χ4n) is 2.61. The summed E-state index contributed by atoms with van der Waals surface area (Å²) in [4.78, 5) is 30.4. The minimum absolute atomic E-state index is 0.110. The molecule has 8 heteroatoms. The van der Waals surface area contributed by atoms with Crippen LogP contribution in [0.5, 0.6) is 0 Å². The largest absolute Gasteiger partial charge is 0.360 e. The summed E-state index contributed by atoms with van der Waals surface area (Å²) in [5.41, 5.74) is 2.54. The van der Waals surface area contributed by atoms with Gasteiger partial charge < -0.3 is 14.7 Å². The normalized spacial score (nSPS) is 10.9. The van der Waals surface area contributed by atoms with E-state index in [1.54, 1.807) is 25.4 Å². The zero-order chi connectivity index (χ0) is 20.3. The summed E-state index contributed by atoms with van der Waals surface area (Å²) in [6.45, 7) is 5.91. The van der Waals surface area contributed by atoms with Crippen LogP contribution in [0.1, 0.15) is 41.6 Å². The predicted molar refractivity (Wildman–Crippen MR) is 108 cm³/mol. The summed E-state index contributed by atoms with van der Waals surface area (Å²) in [7, 11) is 1.56. The topological polar surface area (TPSA) is 88.3 Å². The molecule has 0 atom stereocenters. The molecule has 0 aliphatic heterocycles. The Bertz CT molecular complexity index is 976. The highest BCUT2D eigenvalue weighted by atomic mass is 32.1. The van der Waals surface area contributed by atoms with Crippen molar-refractivity contribution >= 4 is 29.0 Å². The molecule has 1 aromatic carbocycles. The maximum absolute atomic E-state index is 12.6. The molecular formula is C20H22N4O3S. The minimum atomic E-state index is -0.358. The minimum Gasteiger partial charge on any atom is -0.360 e. The lowest BCUT2D eigenvalue weighted by atomic mass is 10.0. The third-order valence-electron chi connectivity index (χ3n) is 4.17. The summed E-state index contributed by atoms with van der Waals surface area (Å²) in [6, 6.07) is 9.78. The number of hydrogen-bond donors (Lipinski definition) is 1. The molecule has 3 rings (SSSR count). The number of nitrogens with zero attached hydrogens (tertiary/aromatic N) is 3. The van der Waals surface area contributed by atoms with E-state index in [0.717, 1.165) is 10.6 Å². The van der Waals surface area contributed by atoms with Crippen LogP contribution in [0.4, 0.5) is 5.82 Å². The molecule has 7 nitrogen and oxygen atoms in total. The third-order valence-corrected chi connectivity index (χ3v) is 5.06. The van der Waals surface area contributed by atoms with Gasteiger partial charge in [-0.25, -0.2) is 4.98 Å². The highest BCUT2D eigenvalue weighted by Crippen LogP contribution is 2.26. The Morgan fingerprint density at radius 3 is 2.57 bits per heavy atom. The summed E-state index contributed by atoms with van der Waals surface area (Å²) in [6.07, 6.45) is 0. The fourth-order valence-corrected chi connectivity index (χ4v) is 3.41. The predicted octanol–water partition coefficient (Wildman–Crippen LogP) is 3.94. The van der Waals surface area contributed by atoms with Crippen LogP contribution < -0.4 is 5.32 Å². The molecule has 0 saturated heterocycles. The molecule has 0 fully saturated rings. The molecule has 1 N–H and O–H groups in total. The summed E-state index contributed by atoms with van der Waals surface area (Å²) in [5.74, 6) is 0.709. The van der Waals surface area contributed by atoms with Crippen LogP contribution in [0.15, 0.2) is 40.2 Å². The van der Waals surface area contributed by atoms with Gasteiger partial charge in [0.1, 0.15) is 16.5 Å². The van der Waals surface area contributed by atoms with E-state index in [1.807, 2.05) is 12.1 Å². The zero-order valence-corrected chi connectivity index (χ0v) is 17.0. The lowest BCUT2D eigenvalue weighted by Crippen LogP contribution is -2.35. The standard InChI is InChI=1S/C20H22N4O3S/c1-12(2)14-5-7-15(8-6-14)19-21-16(11-28-19)20(26)24(4)10-18(25)22-17-9-13(3)27-23-17/h5-9,11-12H,10H2,1-4H3,(H,22,23,25). The van der Waals surface area contributed by atoms with Gasteiger partial charge in [0.2, 0.25) is 5.91 Å². The van der Waals surface area contributed by atoms with Crippen molar-refractivity contribution in [1.82, 2.24) is 15.0 Å². The number of carbonyl (C=O) groups excluding carboxylic acids is 2. The number of hydrogen-bond acceptors (Lipinski definition) is 6. The molecule has 28 heavy (non-hydrogen) atoms. The van der Waals surface area contributed by atoms with Gasteiger partial charge in [-0.3, -0.25) is 9.59 Å². The monoisotopic (exact) mass is 398 g/mol. The van der Waals surface area contributed by atoms with Crippen molar-refractivity contribution in [3.63, 3.8) is 0 Å². The van der Waals surface area contributed by atoms with Crippen molar-refractivity contribution in [1.29, 1.82) is 0 Å². The highest BCUT2D eigenvalue weighted by molar-refractivity contribution is 7.13. The molecule has 0 radical (unpaired) electrons. The Hall–Kier alpha value is -3.00. The van der Waals surface area contributed by atoms with E-state index in [1.165, 1.54) is 21.8 Å². The van der Waals surface area contributed by atoms with Gasteiger partial charge in [-0.1, -0.05) is 43.3 Å². The first-order valence-electron chi connectivity index (χ1n) is 8.88. The van der Waals surface area contributed by atoms with Crippen molar-refractivity contribution in [2.45, 2.75) is 26.7 Å². The van der Waals surface area contributed by atoms with E-state index >= 15 is 0 Å². The molecule has 3 aromatic rings. The smallest absolute Gasteiger partial charge is 0.273 e. The van der Waals surface area contributed by atoms with Crippen molar-refractivity contribution in [2.24, 2.45) is 0 Å². The molecule has 2 heterocycles. The highest BCUT2D eigenvalue weighted by Gasteiger charge is 2.19. The van der Waals surface area contributed by atoms with Gasteiger partial charge in [-0.15, -0.1) is 11.3 Å². The second kappa shape index (κ2) is 8.35. The number of aryl methyl sites for hydroxylation is 1. The first-order chi connectivity index (χ1) is 13.3. The number of thiazole rings is 1. The second-order valence-electron chi connectivity index (χ2n) is 6.85. The van der Waals surface area contributed by atoms with Gasteiger partial charge in [0.15, 0.2) is 5.82 Å². The number of nitrogens with one attached hydrogen (secondary N) is 1. The fraction of sp³-hybridized carbons (Fsp3) is 0.300. The molecular weight excluding hydrogens is 376 g/mol. The van der Waals surface area contributed by atoms with Crippen LogP contribution >= 0.6 is 11.3 Å². The number of anilines is 1. The van der Waals surface area contributed by atoms with E-state index < -0.39 is 0 Å². The summed E-state index contributed by atoms with van der Waals surface area (Å²) in [5, 5.41) is 8.77. The number of rotatable bonds is 6. The average Bonchev–Trinajstić information content (AvgIpc) is 3.30. The number of benzene rings is 1. The van der Waals surface area contributed by atoms with Gasteiger partial charge in [0, 0.05) is 24.1 Å². The van der Waals surface area contributed by atoms with Crippen LogP contribution in [0.25, 0.3) is 10.6 Å². The molecule has 2 aromatic heterocycles. The lowest BCUT2D eigenvalue weighted by molar-refractivity contribution is -0.116. The zero-order valence-electron chi connectivity index (χ0n) is 16.2. The molecule has 0 bridgehead atoms. The number of aromatic nitrogens is 2. The van der Waals surface area contributed by atoms with Gasteiger partial charge in [-0.2, -0.15) is 0 Å². The van der Waals surface area contributed by atoms with Crippen molar-refractivity contribution in [3.8, 4) is 10.6 Å². The van der Waals surface area contributed by atoms with E-state index in [2.05, 4.69) is 41.4 Å². The first kappa shape index (κ1) is 19.8. The molecule has 0 unspecified atom stereocenters. The SMILES string of the molecule is Cc1cc(NC(=O)CN(C)C(=O)c2csc(-c3ccc(C(C)C)cc3)n2)no1. The van der Waals surface area contributed by atoms with Crippen LogP contribution in [0.2, 0.25) is 0 Å². The van der Waals surface area contributed by atoms with E-state index in [9.17, 15) is 9.59 Å². The summed E-state index contributed by atoms with van der Waals surface area (Å²) < 4.78 is 4.90. The molecule has 0 aliphatic carbocycles. The van der Waals surface area contributed by atoms with Crippen LogP contribution in [-0.2, 0) is 4.79 Å². The van der Waals surface area contributed by atoms with Crippen molar-refractivity contribution in [2.75, 3.05) is 18.9 Å². The average molecular weight is 398 g/mol. The van der Waals surface area contributed by atoms with Gasteiger partial charge >= 0.3 is 0 Å². The van der Waals surface area contributed by atoms with E-state index in [0.29, 0.717) is 23.2 Å². The summed E-state index contributed by atoms with van der Waals surface area (Å²) >= 11 is 1.41. The molecule has 146 valence electrons. The Morgan fingerprint density at radius 1 is 1.25 bits per heavy atom. The Kier molecular flexibility index (Phi) is 5.89. The second-order valence-corrected chi connectivity index (χ2v) is 7.70. The number of carbonyl (C=O) groups is 2. The van der Waals surface area contributed by atoms with Crippen LogP contribution in [-0.4, -0.2) is 40.4 Å². The Morgan fingerprint density at radius 2 is 1.96 bits per heavy atom.